The van der Waals surface area contributed by atoms with Gasteiger partial charge >= 0.3 is 39.5 Å². The molecule has 0 aliphatic carbocycles. The fourth-order valence-electron chi connectivity index (χ4n) is 11.3. The predicted molar refractivity (Wildman–Crippen MR) is 381 cm³/mol. The molecule has 17 nitrogen and oxygen atoms in total. The molecular formula is C75H146O17P2. The van der Waals surface area contributed by atoms with Gasteiger partial charge in [-0.2, -0.15) is 0 Å². The van der Waals surface area contributed by atoms with E-state index in [0.717, 1.165) is 114 Å². The van der Waals surface area contributed by atoms with Crippen molar-refractivity contribution in [2.24, 2.45) is 23.7 Å². The van der Waals surface area contributed by atoms with E-state index >= 15 is 0 Å². The smallest absolute Gasteiger partial charge is 0.462 e. The lowest BCUT2D eigenvalue weighted by molar-refractivity contribution is -0.161. The zero-order valence-electron chi connectivity index (χ0n) is 61.6. The van der Waals surface area contributed by atoms with Crippen LogP contribution in [0.15, 0.2) is 0 Å². The van der Waals surface area contributed by atoms with Crippen molar-refractivity contribution in [2.75, 3.05) is 39.6 Å². The first-order valence-electron chi connectivity index (χ1n) is 38.7. The Balaban J connectivity index is 5.21. The van der Waals surface area contributed by atoms with Crippen LogP contribution >= 0.6 is 15.6 Å². The van der Waals surface area contributed by atoms with E-state index in [4.69, 9.17) is 37.0 Å². The Morgan fingerprint density at radius 2 is 0.511 bits per heavy atom. The average Bonchev–Trinajstić information content (AvgIpc) is 1.20. The summed E-state index contributed by atoms with van der Waals surface area (Å²) in [5, 5.41) is 10.6. The number of hydrogen-bond donors (Lipinski definition) is 3. The van der Waals surface area contributed by atoms with Crippen molar-refractivity contribution in [2.45, 2.75) is 395 Å². The lowest BCUT2D eigenvalue weighted by Gasteiger charge is -2.21. The van der Waals surface area contributed by atoms with Crippen molar-refractivity contribution >= 4 is 39.5 Å². The molecule has 0 aliphatic rings. The maximum absolute atomic E-state index is 13.1. The molecule has 0 aromatic rings. The number of carbonyl (C=O) groups excluding carboxylic acids is 4. The molecule has 19 heteroatoms. The van der Waals surface area contributed by atoms with E-state index in [1.54, 1.807) is 0 Å². The topological polar surface area (TPSA) is 237 Å². The van der Waals surface area contributed by atoms with Crippen molar-refractivity contribution in [3.05, 3.63) is 0 Å². The molecule has 0 fully saturated rings. The molecule has 0 saturated carbocycles. The summed E-state index contributed by atoms with van der Waals surface area (Å²) < 4.78 is 68.4. The lowest BCUT2D eigenvalue weighted by atomic mass is 9.99. The molecule has 0 bridgehead atoms. The highest BCUT2D eigenvalue weighted by molar-refractivity contribution is 7.47. The van der Waals surface area contributed by atoms with Crippen LogP contribution in [0.4, 0.5) is 0 Å². The Morgan fingerprint density at radius 3 is 0.755 bits per heavy atom. The van der Waals surface area contributed by atoms with Crippen LogP contribution in [0, 0.1) is 23.7 Å². The van der Waals surface area contributed by atoms with E-state index in [0.29, 0.717) is 31.6 Å². The predicted octanol–water partition coefficient (Wildman–Crippen LogP) is 21.7. The monoisotopic (exact) mass is 1380 g/mol. The number of phosphoric acid groups is 2. The van der Waals surface area contributed by atoms with E-state index in [-0.39, 0.29) is 25.7 Å². The number of esters is 4. The number of aliphatic hydroxyl groups excluding tert-OH is 1. The molecule has 94 heavy (non-hydrogen) atoms. The van der Waals surface area contributed by atoms with Crippen molar-refractivity contribution in [3.63, 3.8) is 0 Å². The Kier molecular flexibility index (Phi) is 63.1. The molecule has 4 unspecified atom stereocenters. The third-order valence-electron chi connectivity index (χ3n) is 17.7. The van der Waals surface area contributed by atoms with Gasteiger partial charge in [0.1, 0.15) is 19.3 Å². The summed E-state index contributed by atoms with van der Waals surface area (Å²) in [5.74, 6) is 0.907. The third kappa shape index (κ3) is 67.3. The summed E-state index contributed by atoms with van der Waals surface area (Å²) in [7, 11) is -9.91. The highest BCUT2D eigenvalue weighted by atomic mass is 31.2. The second-order valence-corrected chi connectivity index (χ2v) is 31.6. The summed E-state index contributed by atoms with van der Waals surface area (Å²) in [6, 6.07) is 0. The molecule has 0 aromatic heterocycles. The van der Waals surface area contributed by atoms with Crippen LogP contribution in [0.2, 0.25) is 0 Å². The molecule has 0 radical (unpaired) electrons. The second-order valence-electron chi connectivity index (χ2n) is 28.7. The van der Waals surface area contributed by atoms with Gasteiger partial charge in [-0.1, -0.05) is 325 Å². The van der Waals surface area contributed by atoms with Crippen LogP contribution in [-0.2, 0) is 65.4 Å². The Bertz CT molecular complexity index is 1850. The first kappa shape index (κ1) is 92.1. The standard InChI is InChI=1S/C75H146O17P2/c1-9-68(8)54-46-38-29-25-26-30-39-47-55-72(77)85-61-70(91-75(80)58-50-42-32-24-20-16-18-22-28-36-44-52-66(4)5)63-89-93(81,82)87-59-69(76)60-88-94(83,84)90-64-71(62-86-73(78)56-48-40-34-33-37-45-53-67(6)7)92-74(79)57-49-41-31-23-19-15-13-11-10-12-14-17-21-27-35-43-51-65(2)3/h65-71,76H,9-64H2,1-8H3,(H,81,82)(H,83,84)/t68?,69?,70-,71-/m1/s1. The summed E-state index contributed by atoms with van der Waals surface area (Å²) in [6.07, 6.45) is 48.7. The van der Waals surface area contributed by atoms with E-state index in [2.05, 4.69) is 55.4 Å². The number of unbranched alkanes of at least 4 members (excludes halogenated alkanes) is 37. The van der Waals surface area contributed by atoms with E-state index in [9.17, 15) is 43.2 Å². The SMILES string of the molecule is CCC(C)CCCCCCCCCCC(=O)OC[C@H](COP(=O)(O)OCC(O)COP(=O)(O)OC[C@@H](COC(=O)CCCCCCCCC(C)C)OC(=O)CCCCCCCCCCCCCCCCCCC(C)C)OC(=O)CCCCCCCCCCCCCC(C)C. The Morgan fingerprint density at radius 1 is 0.298 bits per heavy atom. The number of rotatable bonds is 72. The van der Waals surface area contributed by atoms with Crippen molar-refractivity contribution in [3.8, 4) is 0 Å². The molecule has 0 heterocycles. The van der Waals surface area contributed by atoms with Crippen molar-refractivity contribution < 1.29 is 80.2 Å². The van der Waals surface area contributed by atoms with E-state index < -0.39 is 97.5 Å². The van der Waals surface area contributed by atoms with Gasteiger partial charge in [-0.3, -0.25) is 37.3 Å². The molecule has 0 spiro atoms. The van der Waals surface area contributed by atoms with E-state index in [1.807, 2.05) is 0 Å². The largest absolute Gasteiger partial charge is 0.472 e. The highest BCUT2D eigenvalue weighted by Crippen LogP contribution is 2.45. The van der Waals surface area contributed by atoms with Gasteiger partial charge < -0.3 is 33.8 Å². The normalized spacial score (nSPS) is 14.4. The van der Waals surface area contributed by atoms with Gasteiger partial charge in [0, 0.05) is 25.7 Å². The summed E-state index contributed by atoms with van der Waals surface area (Å²) in [4.78, 5) is 72.7. The van der Waals surface area contributed by atoms with Gasteiger partial charge in [-0.05, 0) is 49.4 Å². The Labute approximate surface area is 575 Å². The molecule has 3 N–H and O–H groups in total. The fraction of sp³-hybridized carbons (Fsp3) is 0.947. The highest BCUT2D eigenvalue weighted by Gasteiger charge is 2.30. The van der Waals surface area contributed by atoms with Crippen LogP contribution in [0.5, 0.6) is 0 Å². The van der Waals surface area contributed by atoms with Crippen molar-refractivity contribution in [1.29, 1.82) is 0 Å². The molecule has 558 valence electrons. The van der Waals surface area contributed by atoms with Gasteiger partial charge in [0.15, 0.2) is 12.2 Å². The number of ether oxygens (including phenoxy) is 4. The molecule has 6 atom stereocenters. The maximum Gasteiger partial charge on any atom is 0.472 e. The average molecular weight is 1380 g/mol. The van der Waals surface area contributed by atoms with Gasteiger partial charge in [0.05, 0.1) is 26.4 Å². The maximum atomic E-state index is 13.1. The number of phosphoric ester groups is 2. The zero-order valence-corrected chi connectivity index (χ0v) is 63.4. The minimum absolute atomic E-state index is 0.105. The van der Waals surface area contributed by atoms with Gasteiger partial charge in [-0.15, -0.1) is 0 Å². The van der Waals surface area contributed by atoms with Crippen molar-refractivity contribution in [1.82, 2.24) is 0 Å². The minimum Gasteiger partial charge on any atom is -0.462 e. The third-order valence-corrected chi connectivity index (χ3v) is 19.6. The van der Waals surface area contributed by atoms with Gasteiger partial charge in [0.25, 0.3) is 0 Å². The van der Waals surface area contributed by atoms with E-state index in [1.165, 1.54) is 173 Å². The molecular weight excluding hydrogens is 1230 g/mol. The zero-order chi connectivity index (χ0) is 69.6. The number of hydrogen-bond acceptors (Lipinski definition) is 15. The molecule has 0 amide bonds. The molecule has 0 aliphatic heterocycles. The van der Waals surface area contributed by atoms with Crippen LogP contribution < -0.4 is 0 Å². The quantitative estimate of drug-likeness (QED) is 0.0222. The second kappa shape index (κ2) is 64.4. The molecule has 0 rings (SSSR count). The number of carbonyl (C=O) groups is 4. The summed E-state index contributed by atoms with van der Waals surface area (Å²) in [5.41, 5.74) is 0. The van der Waals surface area contributed by atoms with Crippen LogP contribution in [-0.4, -0.2) is 96.7 Å². The van der Waals surface area contributed by atoms with Crippen LogP contribution in [0.25, 0.3) is 0 Å². The Hall–Kier alpha value is -1.94. The van der Waals surface area contributed by atoms with Gasteiger partial charge in [0.2, 0.25) is 0 Å². The first-order valence-corrected chi connectivity index (χ1v) is 41.7. The minimum atomic E-state index is -4.96. The lowest BCUT2D eigenvalue weighted by Crippen LogP contribution is -2.30. The van der Waals surface area contributed by atoms with Gasteiger partial charge in [-0.25, -0.2) is 9.13 Å². The molecule has 0 saturated heterocycles. The summed E-state index contributed by atoms with van der Waals surface area (Å²) >= 11 is 0. The van der Waals surface area contributed by atoms with Crippen LogP contribution in [0.3, 0.4) is 0 Å². The summed E-state index contributed by atoms with van der Waals surface area (Å²) in [6.45, 7) is 14.1. The van der Waals surface area contributed by atoms with Crippen LogP contribution in [0.1, 0.15) is 376 Å². The fourth-order valence-corrected chi connectivity index (χ4v) is 12.9. The number of aliphatic hydroxyl groups is 1. The molecule has 0 aromatic carbocycles. The first-order chi connectivity index (χ1) is 45.1.